The zero-order valence-electron chi connectivity index (χ0n) is 12.5. The lowest BCUT2D eigenvalue weighted by molar-refractivity contribution is -0.128. The van der Waals surface area contributed by atoms with Gasteiger partial charge in [0.1, 0.15) is 11.9 Å². The van der Waals surface area contributed by atoms with E-state index in [9.17, 15) is 14.0 Å². The number of nitrogens with two attached hydrogens (primary N) is 1. The lowest BCUT2D eigenvalue weighted by Gasteiger charge is -2.35. The lowest BCUT2D eigenvalue weighted by Crippen LogP contribution is -2.52. The first kappa shape index (κ1) is 15.0. The monoisotopic (exact) mass is 317 g/mol. The maximum absolute atomic E-state index is 13.5. The zero-order valence-corrected chi connectivity index (χ0v) is 12.5. The average Bonchev–Trinajstić information content (AvgIpc) is 2.85. The predicted octanol–water partition coefficient (Wildman–Crippen LogP) is 0.753. The van der Waals surface area contributed by atoms with E-state index in [0.29, 0.717) is 24.3 Å². The molecule has 2 aromatic rings. The first-order valence-corrected chi connectivity index (χ1v) is 7.13. The van der Waals surface area contributed by atoms with Gasteiger partial charge in [-0.3, -0.25) is 9.59 Å². The molecule has 2 heterocycles. The van der Waals surface area contributed by atoms with E-state index < -0.39 is 17.8 Å². The number of piperazine rings is 1. The number of hydrogen-bond donors (Lipinski definition) is 3. The minimum atomic E-state index is -0.899. The maximum Gasteiger partial charge on any atom is 0.275 e. The van der Waals surface area contributed by atoms with Crippen molar-refractivity contribution in [3.63, 3.8) is 0 Å². The third-order valence-electron chi connectivity index (χ3n) is 3.74. The molecule has 1 saturated heterocycles. The molecule has 1 fully saturated rings. The van der Waals surface area contributed by atoms with E-state index in [4.69, 9.17) is 5.73 Å². The molecule has 0 saturated carbocycles. The van der Waals surface area contributed by atoms with Crippen molar-refractivity contribution in [3.8, 4) is 0 Å². The number of benzene rings is 1. The van der Waals surface area contributed by atoms with E-state index in [0.717, 1.165) is 0 Å². The molecular weight excluding hydrogens is 301 g/mol. The van der Waals surface area contributed by atoms with E-state index in [-0.39, 0.29) is 17.5 Å². The van der Waals surface area contributed by atoms with Crippen LogP contribution < -0.4 is 11.1 Å². The zero-order chi connectivity index (χ0) is 16.6. The fraction of sp³-hybridized carbons (Fsp3) is 0.267. The number of rotatable bonds is 2. The number of nitrogens with zero attached hydrogens (tertiary/aromatic N) is 2. The number of nitrogen functional groups attached to an aromatic ring is 1. The first-order valence-electron chi connectivity index (χ1n) is 7.13. The number of halogens is 1. The van der Waals surface area contributed by atoms with E-state index in [2.05, 4.69) is 15.3 Å². The second-order valence-electron chi connectivity index (χ2n) is 5.34. The summed E-state index contributed by atoms with van der Waals surface area (Å²) in [4.78, 5) is 33.2. The van der Waals surface area contributed by atoms with Crippen molar-refractivity contribution in [1.29, 1.82) is 0 Å². The number of carbonyl (C=O) groups is 2. The fourth-order valence-electron chi connectivity index (χ4n) is 2.72. The van der Waals surface area contributed by atoms with Crippen LogP contribution in [0.5, 0.6) is 0 Å². The number of aromatic nitrogens is 2. The molecule has 1 aliphatic rings. The van der Waals surface area contributed by atoms with Crippen LogP contribution in [0.4, 0.5) is 10.3 Å². The summed E-state index contributed by atoms with van der Waals surface area (Å²) in [5, 5.41) is 2.70. The van der Waals surface area contributed by atoms with Crippen LogP contribution in [-0.2, 0) is 4.79 Å². The molecule has 1 aromatic heterocycles. The Kier molecular flexibility index (Phi) is 3.73. The van der Waals surface area contributed by atoms with Crippen LogP contribution in [0.3, 0.4) is 0 Å². The van der Waals surface area contributed by atoms with E-state index in [1.165, 1.54) is 23.1 Å². The van der Waals surface area contributed by atoms with Gasteiger partial charge in [-0.25, -0.2) is 9.37 Å². The summed E-state index contributed by atoms with van der Waals surface area (Å²) in [7, 11) is 0. The summed E-state index contributed by atoms with van der Waals surface area (Å²) in [5.41, 5.74) is 6.68. The molecule has 120 valence electrons. The topological polar surface area (TPSA) is 104 Å². The van der Waals surface area contributed by atoms with Crippen molar-refractivity contribution in [2.45, 2.75) is 13.0 Å². The SMILES string of the molecule is Cc1[nH]c(N)nc1C(=O)N1CCNC(=O)C1c1cccc(F)c1. The average molecular weight is 317 g/mol. The summed E-state index contributed by atoms with van der Waals surface area (Å²) in [5.74, 6) is -1.10. The van der Waals surface area contributed by atoms with Crippen LogP contribution in [0, 0.1) is 12.7 Å². The van der Waals surface area contributed by atoms with Crippen LogP contribution in [0.2, 0.25) is 0 Å². The molecule has 4 N–H and O–H groups in total. The van der Waals surface area contributed by atoms with Crippen molar-refractivity contribution in [2.75, 3.05) is 18.8 Å². The Morgan fingerprint density at radius 2 is 2.26 bits per heavy atom. The summed E-state index contributed by atoms with van der Waals surface area (Å²) in [6.07, 6.45) is 0. The van der Waals surface area contributed by atoms with E-state index in [1.54, 1.807) is 13.0 Å². The largest absolute Gasteiger partial charge is 0.369 e. The van der Waals surface area contributed by atoms with Gasteiger partial charge in [0.2, 0.25) is 5.91 Å². The number of imidazole rings is 1. The number of anilines is 1. The number of hydrogen-bond acceptors (Lipinski definition) is 4. The lowest BCUT2D eigenvalue weighted by atomic mass is 10.0. The van der Waals surface area contributed by atoms with Gasteiger partial charge in [-0.15, -0.1) is 0 Å². The highest BCUT2D eigenvalue weighted by Gasteiger charge is 2.36. The summed E-state index contributed by atoms with van der Waals surface area (Å²) in [6, 6.07) is 4.76. The van der Waals surface area contributed by atoms with Crippen molar-refractivity contribution >= 4 is 17.8 Å². The van der Waals surface area contributed by atoms with Gasteiger partial charge < -0.3 is 20.9 Å². The minimum Gasteiger partial charge on any atom is -0.369 e. The van der Waals surface area contributed by atoms with Crippen LogP contribution in [0.15, 0.2) is 24.3 Å². The van der Waals surface area contributed by atoms with Gasteiger partial charge in [0, 0.05) is 18.8 Å². The standard InChI is InChI=1S/C15H16FN5O2/c1-8-11(20-15(17)19-8)14(23)21-6-5-18-13(22)12(21)9-3-2-4-10(16)7-9/h2-4,7,12H,5-6H2,1H3,(H,18,22)(H3,17,19,20). The number of aryl methyl sites for hydroxylation is 1. The Morgan fingerprint density at radius 1 is 1.48 bits per heavy atom. The summed E-state index contributed by atoms with van der Waals surface area (Å²) in [6.45, 7) is 2.31. The maximum atomic E-state index is 13.5. The van der Waals surface area contributed by atoms with Gasteiger partial charge in [-0.2, -0.15) is 0 Å². The van der Waals surface area contributed by atoms with Crippen molar-refractivity contribution in [2.24, 2.45) is 0 Å². The minimum absolute atomic E-state index is 0.134. The number of aromatic amines is 1. The predicted molar refractivity (Wildman–Crippen MR) is 80.9 cm³/mol. The number of carbonyl (C=O) groups excluding carboxylic acids is 2. The Labute approximate surface area is 131 Å². The van der Waals surface area contributed by atoms with Gasteiger partial charge in [0.25, 0.3) is 5.91 Å². The van der Waals surface area contributed by atoms with Gasteiger partial charge in [-0.1, -0.05) is 12.1 Å². The normalized spacial score (nSPS) is 17.9. The van der Waals surface area contributed by atoms with E-state index >= 15 is 0 Å². The van der Waals surface area contributed by atoms with Gasteiger partial charge in [0.05, 0.1) is 0 Å². The molecule has 1 unspecified atom stereocenters. The summed E-state index contributed by atoms with van der Waals surface area (Å²) >= 11 is 0. The second kappa shape index (κ2) is 5.71. The molecule has 1 atom stereocenters. The Morgan fingerprint density at radius 3 is 2.91 bits per heavy atom. The van der Waals surface area contributed by atoms with E-state index in [1.807, 2.05) is 0 Å². The van der Waals surface area contributed by atoms with Crippen LogP contribution in [0.25, 0.3) is 0 Å². The van der Waals surface area contributed by atoms with Crippen LogP contribution >= 0.6 is 0 Å². The molecule has 8 heteroatoms. The third-order valence-corrected chi connectivity index (χ3v) is 3.74. The first-order chi connectivity index (χ1) is 11.0. The van der Waals surface area contributed by atoms with Gasteiger partial charge >= 0.3 is 0 Å². The molecular formula is C15H16FN5O2. The second-order valence-corrected chi connectivity index (χ2v) is 5.34. The molecule has 0 spiro atoms. The molecule has 1 aliphatic heterocycles. The van der Waals surface area contributed by atoms with Crippen molar-refractivity contribution < 1.29 is 14.0 Å². The third kappa shape index (κ3) is 2.75. The summed E-state index contributed by atoms with van der Waals surface area (Å²) < 4.78 is 13.5. The molecule has 0 bridgehead atoms. The highest BCUT2D eigenvalue weighted by Crippen LogP contribution is 2.26. The quantitative estimate of drug-likeness (QED) is 0.760. The van der Waals surface area contributed by atoms with Gasteiger partial charge in [-0.05, 0) is 24.6 Å². The van der Waals surface area contributed by atoms with Crippen molar-refractivity contribution in [3.05, 3.63) is 47.0 Å². The highest BCUT2D eigenvalue weighted by atomic mass is 19.1. The Hall–Kier alpha value is -2.90. The van der Waals surface area contributed by atoms with Gasteiger partial charge in [0.15, 0.2) is 11.6 Å². The Balaban J connectivity index is 1.99. The van der Waals surface area contributed by atoms with Crippen LogP contribution in [0.1, 0.15) is 27.8 Å². The Bertz CT molecular complexity index is 773. The number of nitrogens with one attached hydrogen (secondary N) is 2. The molecule has 23 heavy (non-hydrogen) atoms. The highest BCUT2D eigenvalue weighted by molar-refractivity contribution is 5.98. The smallest absolute Gasteiger partial charge is 0.275 e. The molecule has 0 radical (unpaired) electrons. The molecule has 1 aromatic carbocycles. The fourth-order valence-corrected chi connectivity index (χ4v) is 2.72. The molecule has 2 amide bonds. The number of H-pyrrole nitrogens is 1. The number of amides is 2. The van der Waals surface area contributed by atoms with Crippen LogP contribution in [-0.4, -0.2) is 39.8 Å². The van der Waals surface area contributed by atoms with Crippen molar-refractivity contribution in [1.82, 2.24) is 20.2 Å². The molecule has 0 aliphatic carbocycles. The molecule has 3 rings (SSSR count). The molecule has 7 nitrogen and oxygen atoms in total.